The molecule has 0 aliphatic rings. The van der Waals surface area contributed by atoms with Crippen molar-refractivity contribution in [1.82, 2.24) is 4.98 Å². The zero-order chi connectivity index (χ0) is 16.6. The van der Waals surface area contributed by atoms with E-state index in [1.807, 2.05) is 0 Å². The first-order chi connectivity index (χ1) is 10.9. The number of nitrogens with two attached hydrogens (primary N) is 1. The van der Waals surface area contributed by atoms with Crippen LogP contribution in [0.5, 0.6) is 5.75 Å². The van der Waals surface area contributed by atoms with Gasteiger partial charge in [0, 0.05) is 17.0 Å². The molecule has 3 N–H and O–H groups in total. The molecule has 0 saturated carbocycles. The largest absolute Gasteiger partial charge is 0.505 e. The Hall–Kier alpha value is -2.93. The van der Waals surface area contributed by atoms with Crippen molar-refractivity contribution in [3.63, 3.8) is 0 Å². The summed E-state index contributed by atoms with van der Waals surface area (Å²) in [4.78, 5) is 15.2. The van der Waals surface area contributed by atoms with Crippen molar-refractivity contribution in [3.8, 4) is 5.75 Å². The summed E-state index contributed by atoms with van der Waals surface area (Å²) in [6.07, 6.45) is 1.30. The van der Waals surface area contributed by atoms with Crippen LogP contribution in [0.2, 0.25) is 0 Å². The van der Waals surface area contributed by atoms with Gasteiger partial charge in [-0.25, -0.2) is 13.4 Å². The van der Waals surface area contributed by atoms with Crippen LogP contribution in [0.25, 0.3) is 10.8 Å². The van der Waals surface area contributed by atoms with Gasteiger partial charge in [0.1, 0.15) is 0 Å². The minimum atomic E-state index is -3.67. The Morgan fingerprint density at radius 2 is 1.74 bits per heavy atom. The van der Waals surface area contributed by atoms with Gasteiger partial charge in [0.25, 0.3) is 5.91 Å². The third-order valence-corrected chi connectivity index (χ3v) is 5.20. The molecule has 116 valence electrons. The Labute approximate surface area is 132 Å². The van der Waals surface area contributed by atoms with Crippen molar-refractivity contribution in [2.45, 2.75) is 9.79 Å². The van der Waals surface area contributed by atoms with E-state index in [1.54, 1.807) is 18.2 Å². The van der Waals surface area contributed by atoms with Gasteiger partial charge in [0.05, 0.1) is 9.79 Å². The minimum Gasteiger partial charge on any atom is -0.505 e. The zero-order valence-electron chi connectivity index (χ0n) is 11.8. The van der Waals surface area contributed by atoms with E-state index < -0.39 is 15.7 Å². The predicted octanol–water partition coefficient (Wildman–Crippen LogP) is 1.87. The van der Waals surface area contributed by atoms with Gasteiger partial charge in [-0.15, -0.1) is 0 Å². The fourth-order valence-electron chi connectivity index (χ4n) is 2.27. The van der Waals surface area contributed by atoms with Gasteiger partial charge < -0.3 is 10.8 Å². The fourth-order valence-corrected chi connectivity index (χ4v) is 3.59. The number of pyridine rings is 1. The van der Waals surface area contributed by atoms with E-state index in [0.29, 0.717) is 10.8 Å². The summed E-state index contributed by atoms with van der Waals surface area (Å²) in [5.74, 6) is -1.22. The molecular formula is C16H12N2O4S. The Kier molecular flexibility index (Phi) is 3.49. The highest BCUT2D eigenvalue weighted by atomic mass is 32.2. The second-order valence-corrected chi connectivity index (χ2v) is 6.83. The van der Waals surface area contributed by atoms with Crippen LogP contribution in [-0.2, 0) is 9.84 Å². The van der Waals surface area contributed by atoms with E-state index in [9.17, 15) is 18.3 Å². The van der Waals surface area contributed by atoms with Crippen LogP contribution in [0.15, 0.2) is 64.5 Å². The minimum absolute atomic E-state index is 0.0734. The number of carbonyl (C=O) groups is 1. The Morgan fingerprint density at radius 1 is 1.04 bits per heavy atom. The molecule has 1 aromatic heterocycles. The third-order valence-electron chi connectivity index (χ3n) is 3.43. The van der Waals surface area contributed by atoms with Crippen LogP contribution in [0.3, 0.4) is 0 Å². The molecule has 0 unspecified atom stereocenters. The SMILES string of the molecule is NC(=O)c1ncc2cc(S(=O)(=O)c3ccccc3)ccc2c1O. The lowest BCUT2D eigenvalue weighted by molar-refractivity contribution is 0.0993. The maximum Gasteiger partial charge on any atom is 0.271 e. The van der Waals surface area contributed by atoms with Crippen LogP contribution < -0.4 is 5.73 Å². The normalized spacial score (nSPS) is 11.5. The van der Waals surface area contributed by atoms with Crippen molar-refractivity contribution in [2.24, 2.45) is 5.73 Å². The Morgan fingerprint density at radius 3 is 2.39 bits per heavy atom. The number of fused-ring (bicyclic) bond motifs is 1. The van der Waals surface area contributed by atoms with Gasteiger partial charge in [0.2, 0.25) is 9.84 Å². The second kappa shape index (κ2) is 5.36. The average Bonchev–Trinajstić information content (AvgIpc) is 2.55. The maximum atomic E-state index is 12.6. The van der Waals surface area contributed by atoms with Gasteiger partial charge in [-0.3, -0.25) is 4.79 Å². The number of aromatic nitrogens is 1. The monoisotopic (exact) mass is 328 g/mol. The molecular weight excluding hydrogens is 316 g/mol. The lowest BCUT2D eigenvalue weighted by atomic mass is 10.1. The highest BCUT2D eigenvalue weighted by molar-refractivity contribution is 7.91. The number of hydrogen-bond donors (Lipinski definition) is 2. The molecule has 0 radical (unpaired) electrons. The van der Waals surface area contributed by atoms with E-state index in [1.165, 1.54) is 36.5 Å². The molecule has 0 aliphatic heterocycles. The molecule has 0 aliphatic carbocycles. The quantitative estimate of drug-likeness (QED) is 0.762. The first-order valence-electron chi connectivity index (χ1n) is 6.63. The number of rotatable bonds is 3. The smallest absolute Gasteiger partial charge is 0.271 e. The molecule has 0 saturated heterocycles. The number of carbonyl (C=O) groups excluding carboxylic acids is 1. The summed E-state index contributed by atoms with van der Waals surface area (Å²) in [5, 5.41) is 10.7. The predicted molar refractivity (Wildman–Crippen MR) is 83.8 cm³/mol. The van der Waals surface area contributed by atoms with Gasteiger partial charge >= 0.3 is 0 Å². The molecule has 6 nitrogen and oxygen atoms in total. The van der Waals surface area contributed by atoms with Crippen molar-refractivity contribution in [2.75, 3.05) is 0 Å². The van der Waals surface area contributed by atoms with Crippen molar-refractivity contribution < 1.29 is 18.3 Å². The lowest BCUT2D eigenvalue weighted by Gasteiger charge is -2.08. The molecule has 0 spiro atoms. The molecule has 1 heterocycles. The summed E-state index contributed by atoms with van der Waals surface area (Å²) < 4.78 is 25.2. The van der Waals surface area contributed by atoms with Crippen LogP contribution in [0.1, 0.15) is 10.5 Å². The van der Waals surface area contributed by atoms with Crippen LogP contribution in [0.4, 0.5) is 0 Å². The molecule has 2 aromatic carbocycles. The third kappa shape index (κ3) is 2.51. The lowest BCUT2D eigenvalue weighted by Crippen LogP contribution is -2.13. The van der Waals surface area contributed by atoms with E-state index >= 15 is 0 Å². The Balaban J connectivity index is 2.19. The molecule has 0 fully saturated rings. The second-order valence-electron chi connectivity index (χ2n) is 4.89. The van der Waals surface area contributed by atoms with Crippen LogP contribution >= 0.6 is 0 Å². The first-order valence-corrected chi connectivity index (χ1v) is 8.11. The molecule has 0 bridgehead atoms. The summed E-state index contributed by atoms with van der Waals surface area (Å²) >= 11 is 0. The van der Waals surface area contributed by atoms with Crippen molar-refractivity contribution >= 4 is 26.5 Å². The van der Waals surface area contributed by atoms with Gasteiger partial charge in [-0.2, -0.15) is 0 Å². The molecule has 0 atom stereocenters. The number of hydrogen-bond acceptors (Lipinski definition) is 5. The highest BCUT2D eigenvalue weighted by Crippen LogP contribution is 2.30. The molecule has 3 aromatic rings. The standard InChI is InChI=1S/C16H12N2O4S/c17-16(20)14-15(19)13-7-6-12(8-10(13)9-18-14)23(21,22)11-4-2-1-3-5-11/h1-9,19H,(H2,17,20). The van der Waals surface area contributed by atoms with Crippen LogP contribution in [0, 0.1) is 0 Å². The first kappa shape index (κ1) is 15.0. The fraction of sp³-hybridized carbons (Fsp3) is 0. The number of primary amides is 1. The van der Waals surface area contributed by atoms with Crippen molar-refractivity contribution in [1.29, 1.82) is 0 Å². The van der Waals surface area contributed by atoms with Crippen LogP contribution in [-0.4, -0.2) is 24.4 Å². The Bertz CT molecular complexity index is 1010. The summed E-state index contributed by atoms with van der Waals surface area (Å²) in [6, 6.07) is 12.2. The molecule has 23 heavy (non-hydrogen) atoms. The van der Waals surface area contributed by atoms with E-state index in [2.05, 4.69) is 4.98 Å². The summed E-state index contributed by atoms with van der Waals surface area (Å²) in [7, 11) is -3.67. The summed E-state index contributed by atoms with van der Waals surface area (Å²) in [6.45, 7) is 0. The number of benzene rings is 2. The van der Waals surface area contributed by atoms with Gasteiger partial charge in [-0.1, -0.05) is 18.2 Å². The molecule has 3 rings (SSSR count). The molecule has 7 heteroatoms. The van der Waals surface area contributed by atoms with E-state index in [0.717, 1.165) is 0 Å². The average molecular weight is 328 g/mol. The number of amides is 1. The highest BCUT2D eigenvalue weighted by Gasteiger charge is 2.19. The maximum absolute atomic E-state index is 12.6. The van der Waals surface area contributed by atoms with Gasteiger partial charge in [0.15, 0.2) is 11.4 Å². The topological polar surface area (TPSA) is 110 Å². The number of nitrogens with zero attached hydrogens (tertiary/aromatic N) is 1. The van der Waals surface area contributed by atoms with E-state index in [-0.39, 0.29) is 21.2 Å². The van der Waals surface area contributed by atoms with Gasteiger partial charge in [-0.05, 0) is 30.3 Å². The zero-order valence-corrected chi connectivity index (χ0v) is 12.6. The van der Waals surface area contributed by atoms with E-state index in [4.69, 9.17) is 5.73 Å². The number of aromatic hydroxyl groups is 1. The molecule has 1 amide bonds. The number of sulfone groups is 1. The van der Waals surface area contributed by atoms with Crippen molar-refractivity contribution in [3.05, 3.63) is 60.4 Å². The summed E-state index contributed by atoms with van der Waals surface area (Å²) in [5.41, 5.74) is 4.87.